The van der Waals surface area contributed by atoms with Gasteiger partial charge in [0.15, 0.2) is 10.5 Å². The molecule has 0 fully saturated rings. The fraction of sp³-hybridized carbons (Fsp3) is 0.438. The fourth-order valence-electron chi connectivity index (χ4n) is 2.83. The van der Waals surface area contributed by atoms with Gasteiger partial charge in [-0.05, 0) is 39.0 Å². The second kappa shape index (κ2) is 6.54. The molecule has 2 aromatic heterocycles. The lowest BCUT2D eigenvalue weighted by molar-refractivity contribution is 0.0949. The van der Waals surface area contributed by atoms with Crippen LogP contribution < -0.4 is 10.9 Å². The normalized spacial score (nSPS) is 14.7. The van der Waals surface area contributed by atoms with E-state index in [2.05, 4.69) is 16.4 Å². The van der Waals surface area contributed by atoms with Crippen LogP contribution in [0, 0.1) is 6.92 Å². The van der Waals surface area contributed by atoms with Crippen molar-refractivity contribution < 1.29 is 9.90 Å². The second-order valence-electron chi connectivity index (χ2n) is 5.72. The third-order valence-electron chi connectivity index (χ3n) is 4.06. The predicted octanol–water partition coefficient (Wildman–Crippen LogP) is 2.39. The molecule has 0 unspecified atom stereocenters. The van der Waals surface area contributed by atoms with Crippen LogP contribution in [0.2, 0.25) is 0 Å². The summed E-state index contributed by atoms with van der Waals surface area (Å²) in [6.07, 6.45) is 7.60. The first-order valence-corrected chi connectivity index (χ1v) is 8.62. The number of hydrogen-bond acceptors (Lipinski definition) is 5. The number of thiazole rings is 1. The average molecular weight is 333 g/mol. The second-order valence-corrected chi connectivity index (χ2v) is 6.56. The van der Waals surface area contributed by atoms with Crippen molar-refractivity contribution in [1.82, 2.24) is 14.7 Å². The third-order valence-corrected chi connectivity index (χ3v) is 5.01. The number of rotatable bonds is 4. The van der Waals surface area contributed by atoms with E-state index in [0.717, 1.165) is 19.3 Å². The van der Waals surface area contributed by atoms with Gasteiger partial charge in [0.05, 0.1) is 0 Å². The van der Waals surface area contributed by atoms with Crippen LogP contribution in [0.4, 0.5) is 0 Å². The van der Waals surface area contributed by atoms with Crippen LogP contribution in [-0.2, 0) is 0 Å². The molecule has 1 aliphatic carbocycles. The summed E-state index contributed by atoms with van der Waals surface area (Å²) >= 11 is 1.25. The Morgan fingerprint density at radius 1 is 1.48 bits per heavy atom. The summed E-state index contributed by atoms with van der Waals surface area (Å²) in [6, 6.07) is 0. The number of carbonyl (C=O) groups is 1. The molecule has 2 N–H and O–H groups in total. The van der Waals surface area contributed by atoms with Gasteiger partial charge in [-0.3, -0.25) is 14.0 Å². The van der Waals surface area contributed by atoms with Crippen LogP contribution in [0.15, 0.2) is 21.8 Å². The quantitative estimate of drug-likeness (QED) is 0.842. The van der Waals surface area contributed by atoms with E-state index in [0.29, 0.717) is 17.2 Å². The highest BCUT2D eigenvalue weighted by Crippen LogP contribution is 2.20. The Labute approximate surface area is 137 Å². The van der Waals surface area contributed by atoms with Gasteiger partial charge in [0.2, 0.25) is 5.88 Å². The Kier molecular flexibility index (Phi) is 4.47. The van der Waals surface area contributed by atoms with E-state index in [4.69, 9.17) is 0 Å². The first-order chi connectivity index (χ1) is 11.1. The Balaban J connectivity index is 1.76. The Bertz CT molecular complexity index is 835. The number of nitrogens with zero attached hydrogens (tertiary/aromatic N) is 2. The van der Waals surface area contributed by atoms with Gasteiger partial charge in [-0.15, -0.1) is 11.3 Å². The van der Waals surface area contributed by atoms with Crippen molar-refractivity contribution in [2.75, 3.05) is 6.54 Å². The topological polar surface area (TPSA) is 83.7 Å². The number of aromatic hydroxyl groups is 1. The Morgan fingerprint density at radius 2 is 2.30 bits per heavy atom. The summed E-state index contributed by atoms with van der Waals surface area (Å²) in [4.78, 5) is 29.0. The zero-order valence-corrected chi connectivity index (χ0v) is 13.8. The zero-order chi connectivity index (χ0) is 16.4. The summed E-state index contributed by atoms with van der Waals surface area (Å²) in [5, 5.41) is 14.4. The Morgan fingerprint density at radius 3 is 3.04 bits per heavy atom. The maximum Gasteiger partial charge on any atom is 0.275 e. The van der Waals surface area contributed by atoms with Crippen LogP contribution in [0.25, 0.3) is 4.96 Å². The van der Waals surface area contributed by atoms with Crippen molar-refractivity contribution in [3.8, 4) is 5.88 Å². The maximum absolute atomic E-state index is 12.4. The van der Waals surface area contributed by atoms with E-state index in [1.807, 2.05) is 0 Å². The monoisotopic (exact) mass is 333 g/mol. The molecule has 2 heterocycles. The lowest BCUT2D eigenvalue weighted by Crippen LogP contribution is -2.32. The standard InChI is InChI=1S/C16H19N3O3S/c1-10-9-23-16-18-14(21)12(15(22)19(10)16)13(20)17-8-7-11-5-3-2-4-6-11/h5,9,21H,2-4,6-8H2,1H3,(H,17,20). The van der Waals surface area contributed by atoms with Gasteiger partial charge in [0.1, 0.15) is 0 Å². The molecule has 6 nitrogen and oxygen atoms in total. The molecule has 0 aliphatic heterocycles. The molecule has 2 aromatic rings. The van der Waals surface area contributed by atoms with Crippen LogP contribution in [0.1, 0.15) is 48.2 Å². The molecule has 1 aliphatic rings. The van der Waals surface area contributed by atoms with E-state index < -0.39 is 17.3 Å². The van der Waals surface area contributed by atoms with E-state index in [9.17, 15) is 14.7 Å². The van der Waals surface area contributed by atoms with Crippen molar-refractivity contribution in [2.24, 2.45) is 0 Å². The van der Waals surface area contributed by atoms with E-state index in [1.165, 1.54) is 34.2 Å². The third kappa shape index (κ3) is 3.14. The van der Waals surface area contributed by atoms with Crippen molar-refractivity contribution in [3.63, 3.8) is 0 Å². The SMILES string of the molecule is Cc1csc2nc(O)c(C(=O)NCCC3=CCCCC3)c(=O)n12. The number of carbonyl (C=O) groups excluding carboxylic acids is 1. The minimum Gasteiger partial charge on any atom is -0.492 e. The number of amides is 1. The molecular formula is C16H19N3O3S. The van der Waals surface area contributed by atoms with Gasteiger partial charge in [0.25, 0.3) is 11.5 Å². The van der Waals surface area contributed by atoms with E-state index in [-0.39, 0.29) is 5.56 Å². The maximum atomic E-state index is 12.4. The number of hydrogen-bond donors (Lipinski definition) is 2. The lowest BCUT2D eigenvalue weighted by atomic mass is 9.97. The average Bonchev–Trinajstić information content (AvgIpc) is 2.89. The van der Waals surface area contributed by atoms with Crippen molar-refractivity contribution in [3.05, 3.63) is 38.6 Å². The number of aryl methyl sites for hydroxylation is 1. The number of nitrogens with one attached hydrogen (secondary N) is 1. The van der Waals surface area contributed by atoms with Gasteiger partial charge < -0.3 is 10.4 Å². The summed E-state index contributed by atoms with van der Waals surface area (Å²) in [5.41, 5.74) is 1.23. The molecule has 7 heteroatoms. The smallest absolute Gasteiger partial charge is 0.275 e. The summed E-state index contributed by atoms with van der Waals surface area (Å²) in [7, 11) is 0. The highest BCUT2D eigenvalue weighted by Gasteiger charge is 2.21. The molecule has 122 valence electrons. The van der Waals surface area contributed by atoms with Gasteiger partial charge in [-0.2, -0.15) is 4.98 Å². The highest BCUT2D eigenvalue weighted by atomic mass is 32.1. The molecule has 3 rings (SSSR count). The molecule has 0 spiro atoms. The molecule has 0 radical (unpaired) electrons. The van der Waals surface area contributed by atoms with Crippen LogP contribution in [0.5, 0.6) is 5.88 Å². The molecular weight excluding hydrogens is 314 g/mol. The number of allylic oxidation sites excluding steroid dienone is 1. The minimum absolute atomic E-state index is 0.290. The lowest BCUT2D eigenvalue weighted by Gasteiger charge is -2.13. The minimum atomic E-state index is -0.573. The van der Waals surface area contributed by atoms with Crippen LogP contribution >= 0.6 is 11.3 Å². The number of aromatic nitrogens is 2. The molecule has 0 bridgehead atoms. The Hall–Kier alpha value is -2.15. The van der Waals surface area contributed by atoms with Gasteiger partial charge in [-0.25, -0.2) is 0 Å². The van der Waals surface area contributed by atoms with Gasteiger partial charge in [-0.1, -0.05) is 11.6 Å². The first-order valence-electron chi connectivity index (χ1n) is 7.74. The van der Waals surface area contributed by atoms with E-state index >= 15 is 0 Å². The number of fused-ring (bicyclic) bond motifs is 1. The van der Waals surface area contributed by atoms with Crippen LogP contribution in [-0.4, -0.2) is 26.9 Å². The summed E-state index contributed by atoms with van der Waals surface area (Å²) in [5.74, 6) is -1.08. The van der Waals surface area contributed by atoms with E-state index in [1.54, 1.807) is 12.3 Å². The summed E-state index contributed by atoms with van der Waals surface area (Å²) < 4.78 is 1.35. The zero-order valence-electron chi connectivity index (χ0n) is 13.0. The molecule has 0 aromatic carbocycles. The molecule has 0 atom stereocenters. The van der Waals surface area contributed by atoms with Gasteiger partial charge in [0, 0.05) is 17.6 Å². The molecule has 0 saturated carbocycles. The molecule has 23 heavy (non-hydrogen) atoms. The molecule has 0 saturated heterocycles. The van der Waals surface area contributed by atoms with Crippen molar-refractivity contribution in [1.29, 1.82) is 0 Å². The molecule has 1 amide bonds. The van der Waals surface area contributed by atoms with Crippen LogP contribution in [0.3, 0.4) is 0 Å². The fourth-order valence-corrected chi connectivity index (χ4v) is 3.68. The first kappa shape index (κ1) is 15.7. The van der Waals surface area contributed by atoms with Gasteiger partial charge >= 0.3 is 0 Å². The predicted molar refractivity (Wildman–Crippen MR) is 89.2 cm³/mol. The largest absolute Gasteiger partial charge is 0.492 e. The highest BCUT2D eigenvalue weighted by molar-refractivity contribution is 7.15. The summed E-state index contributed by atoms with van der Waals surface area (Å²) in [6.45, 7) is 2.22. The van der Waals surface area contributed by atoms with Crippen molar-refractivity contribution >= 4 is 22.2 Å². The van der Waals surface area contributed by atoms with Crippen molar-refractivity contribution in [2.45, 2.75) is 39.0 Å².